The molecule has 3 heteroatoms. The van der Waals surface area contributed by atoms with E-state index in [0.29, 0.717) is 0 Å². The van der Waals surface area contributed by atoms with Crippen LogP contribution in [-0.2, 0) is 0 Å². The molecule has 0 rings (SSSR count). The average Bonchev–Trinajstić information content (AvgIpc) is 1.61. The Hall–Kier alpha value is 0.730. The first-order chi connectivity index (χ1) is 2.91. The largest absolute Gasteiger partial charge is 0.344 e. The van der Waals surface area contributed by atoms with Gasteiger partial charge in [0.15, 0.2) is 0 Å². The molecule has 0 radical (unpaired) electrons. The normalized spacial score (nSPS) is 6.75. The molecular weight excluding hydrogens is 189 g/mol. The van der Waals surface area contributed by atoms with Gasteiger partial charge in [0.1, 0.15) is 0 Å². The first-order valence-electron chi connectivity index (χ1n) is 2.47. The smallest absolute Gasteiger partial charge is 0.00313 e. The summed E-state index contributed by atoms with van der Waals surface area (Å²) in [6.07, 6.45) is 4.02. The van der Waals surface area contributed by atoms with Crippen LogP contribution in [0.4, 0.5) is 0 Å². The summed E-state index contributed by atoms with van der Waals surface area (Å²) >= 11 is 3.35. The Kier molecular flexibility index (Phi) is 31.1. The fourth-order valence-electron chi connectivity index (χ4n) is 0.344. The molecule has 0 unspecified atom stereocenters. The molecule has 0 aromatic rings. The summed E-state index contributed by atoms with van der Waals surface area (Å²) in [7, 11) is 0. The van der Waals surface area contributed by atoms with Crippen LogP contribution in [-0.4, -0.2) is 5.33 Å². The Morgan fingerprint density at radius 3 is 1.88 bits per heavy atom. The van der Waals surface area contributed by atoms with Gasteiger partial charge >= 0.3 is 0 Å². The molecule has 0 aliphatic heterocycles. The van der Waals surface area contributed by atoms with Crippen LogP contribution in [0.15, 0.2) is 0 Å². The monoisotopic (exact) mass is 203 g/mol. The van der Waals surface area contributed by atoms with Crippen molar-refractivity contribution in [1.82, 2.24) is 6.15 Å². The van der Waals surface area contributed by atoms with Crippen molar-refractivity contribution < 1.29 is 0 Å². The molecule has 54 valence electrons. The minimum absolute atomic E-state index is 0. The van der Waals surface area contributed by atoms with E-state index >= 15 is 0 Å². The predicted octanol–water partition coefficient (Wildman–Crippen LogP) is 3.16. The van der Waals surface area contributed by atoms with Crippen LogP contribution in [0, 0.1) is 0 Å². The highest BCUT2D eigenvalue weighted by molar-refractivity contribution is 9.09. The molecule has 1 nitrogen and oxygen atoms in total. The van der Waals surface area contributed by atoms with Crippen LogP contribution in [0.1, 0.15) is 26.2 Å². The second-order valence-corrected chi connectivity index (χ2v) is 2.19. The summed E-state index contributed by atoms with van der Waals surface area (Å²) in [5, 5.41) is 1.17. The van der Waals surface area contributed by atoms with E-state index in [-0.39, 0.29) is 18.6 Å². The van der Waals surface area contributed by atoms with Crippen LogP contribution in [0.25, 0.3) is 0 Å². The molecule has 3 N–H and O–H groups in total. The summed E-state index contributed by atoms with van der Waals surface area (Å²) in [4.78, 5) is 0. The Balaban J connectivity index is -0.000000125. The second kappa shape index (κ2) is 15.6. The van der Waals surface area contributed by atoms with E-state index in [0.717, 1.165) is 0 Å². The minimum atomic E-state index is 0. The molecule has 0 saturated carbocycles. The van der Waals surface area contributed by atoms with Crippen LogP contribution in [0.3, 0.4) is 0 Å². The highest BCUT2D eigenvalue weighted by atomic mass is 79.9. The van der Waals surface area contributed by atoms with Gasteiger partial charge in [-0.3, -0.25) is 0 Å². The van der Waals surface area contributed by atoms with Gasteiger partial charge in [-0.15, -0.1) is 12.4 Å². The summed E-state index contributed by atoms with van der Waals surface area (Å²) in [5.74, 6) is 0. The van der Waals surface area contributed by atoms with Crippen molar-refractivity contribution >= 4 is 28.3 Å². The van der Waals surface area contributed by atoms with Crippen molar-refractivity contribution in [3.63, 3.8) is 0 Å². The van der Waals surface area contributed by atoms with Gasteiger partial charge < -0.3 is 6.15 Å². The molecule has 0 aromatic heterocycles. The first-order valence-corrected chi connectivity index (χ1v) is 3.60. The maximum absolute atomic E-state index is 3.35. The molecule has 8 heavy (non-hydrogen) atoms. The van der Waals surface area contributed by atoms with Gasteiger partial charge in [-0.2, -0.15) is 0 Å². The van der Waals surface area contributed by atoms with Crippen molar-refractivity contribution in [2.45, 2.75) is 26.2 Å². The second-order valence-electron chi connectivity index (χ2n) is 1.40. The molecule has 0 bridgehead atoms. The molecule has 0 aliphatic carbocycles. The minimum Gasteiger partial charge on any atom is -0.344 e. The van der Waals surface area contributed by atoms with Crippen LogP contribution >= 0.6 is 28.3 Å². The lowest BCUT2D eigenvalue weighted by atomic mass is 10.3. The van der Waals surface area contributed by atoms with Gasteiger partial charge in [-0.25, -0.2) is 0 Å². The van der Waals surface area contributed by atoms with Gasteiger partial charge in [0, 0.05) is 5.33 Å². The number of rotatable bonds is 3. The van der Waals surface area contributed by atoms with E-state index in [4.69, 9.17) is 0 Å². The predicted molar refractivity (Wildman–Crippen MR) is 45.6 cm³/mol. The number of hydrogen-bond acceptors (Lipinski definition) is 1. The SMILES string of the molecule is CCCCCBr.Cl.N. The van der Waals surface area contributed by atoms with E-state index in [1.54, 1.807) is 0 Å². The quantitative estimate of drug-likeness (QED) is 0.556. The Labute approximate surface area is 66.4 Å². The summed E-state index contributed by atoms with van der Waals surface area (Å²) in [6, 6.07) is 0. The highest BCUT2D eigenvalue weighted by Gasteiger charge is 1.76. The number of halogens is 2. The van der Waals surface area contributed by atoms with Crippen LogP contribution in [0.5, 0.6) is 0 Å². The Morgan fingerprint density at radius 1 is 1.25 bits per heavy atom. The molecular formula is C5H15BrClN. The van der Waals surface area contributed by atoms with Gasteiger partial charge in [0.2, 0.25) is 0 Å². The molecule has 0 atom stereocenters. The zero-order valence-electron chi connectivity index (χ0n) is 5.32. The number of alkyl halides is 1. The molecule has 0 saturated heterocycles. The fourth-order valence-corrected chi connectivity index (χ4v) is 0.741. The Morgan fingerprint density at radius 2 is 1.75 bits per heavy atom. The maximum Gasteiger partial charge on any atom is 0.00313 e. The topological polar surface area (TPSA) is 35.0 Å². The summed E-state index contributed by atoms with van der Waals surface area (Å²) in [5.41, 5.74) is 0. The van der Waals surface area contributed by atoms with Crippen molar-refractivity contribution in [2.75, 3.05) is 5.33 Å². The van der Waals surface area contributed by atoms with Crippen molar-refractivity contribution in [1.29, 1.82) is 0 Å². The van der Waals surface area contributed by atoms with Gasteiger partial charge in [0.05, 0.1) is 0 Å². The molecule has 0 spiro atoms. The Bertz CT molecular complexity index is 24.4. The van der Waals surface area contributed by atoms with Crippen molar-refractivity contribution in [3.8, 4) is 0 Å². The zero-order chi connectivity index (χ0) is 4.83. The van der Waals surface area contributed by atoms with E-state index in [9.17, 15) is 0 Å². The molecule has 0 amide bonds. The number of hydrogen-bond donors (Lipinski definition) is 1. The average molecular weight is 205 g/mol. The molecule has 0 aromatic carbocycles. The van der Waals surface area contributed by atoms with Crippen LogP contribution < -0.4 is 6.15 Å². The van der Waals surface area contributed by atoms with Gasteiger partial charge in [0.25, 0.3) is 0 Å². The fraction of sp³-hybridized carbons (Fsp3) is 1.00. The van der Waals surface area contributed by atoms with Crippen molar-refractivity contribution in [2.24, 2.45) is 0 Å². The molecule has 0 heterocycles. The third-order valence-electron chi connectivity index (χ3n) is 0.737. The summed E-state index contributed by atoms with van der Waals surface area (Å²) in [6.45, 7) is 2.21. The van der Waals surface area contributed by atoms with Crippen LogP contribution in [0.2, 0.25) is 0 Å². The lowest BCUT2D eigenvalue weighted by Gasteiger charge is -1.85. The van der Waals surface area contributed by atoms with Gasteiger partial charge in [-0.1, -0.05) is 35.7 Å². The van der Waals surface area contributed by atoms with E-state index in [1.165, 1.54) is 24.6 Å². The zero-order valence-corrected chi connectivity index (χ0v) is 7.72. The van der Waals surface area contributed by atoms with E-state index in [2.05, 4.69) is 22.9 Å². The maximum atomic E-state index is 3.35. The van der Waals surface area contributed by atoms with Crippen molar-refractivity contribution in [3.05, 3.63) is 0 Å². The molecule has 0 aliphatic rings. The van der Waals surface area contributed by atoms with E-state index in [1.807, 2.05) is 0 Å². The number of unbranched alkanes of at least 4 members (excludes halogenated alkanes) is 2. The third kappa shape index (κ3) is 15.9. The first kappa shape index (κ1) is 15.9. The lowest BCUT2D eigenvalue weighted by molar-refractivity contribution is 0.781. The third-order valence-corrected chi connectivity index (χ3v) is 1.30. The summed E-state index contributed by atoms with van der Waals surface area (Å²) < 4.78 is 0. The molecule has 0 fully saturated rings. The van der Waals surface area contributed by atoms with Gasteiger partial charge in [-0.05, 0) is 6.42 Å². The standard InChI is InChI=1S/C5H11Br.ClH.H3N/c1-2-3-4-5-6;;/h2-5H2,1H3;1H;1H3. The van der Waals surface area contributed by atoms with E-state index < -0.39 is 0 Å². The highest BCUT2D eigenvalue weighted by Crippen LogP contribution is 1.95. The lowest BCUT2D eigenvalue weighted by Crippen LogP contribution is -1.70.